The number of hydrogen-bond donors (Lipinski definition) is 2. The Bertz CT molecular complexity index is 1520. The Morgan fingerprint density at radius 1 is 0.769 bits per heavy atom. The van der Waals surface area contributed by atoms with E-state index in [1.54, 1.807) is 54.6 Å². The molecule has 0 radical (unpaired) electrons. The fourth-order valence-corrected chi connectivity index (χ4v) is 5.49. The van der Waals surface area contributed by atoms with Gasteiger partial charge in [-0.15, -0.1) is 0 Å². The van der Waals surface area contributed by atoms with E-state index < -0.39 is 22.5 Å². The van der Waals surface area contributed by atoms with Gasteiger partial charge in [0.1, 0.15) is 6.54 Å². The normalized spacial score (nSPS) is 11.2. The lowest BCUT2D eigenvalue weighted by atomic mass is 10.0. The van der Waals surface area contributed by atoms with Crippen LogP contribution >= 0.6 is 0 Å². The summed E-state index contributed by atoms with van der Waals surface area (Å²) in [6, 6.07) is 31.2. The number of sulfonamides is 1. The van der Waals surface area contributed by atoms with E-state index in [-0.39, 0.29) is 22.3 Å². The van der Waals surface area contributed by atoms with Crippen LogP contribution in [-0.4, -0.2) is 26.8 Å². The van der Waals surface area contributed by atoms with Gasteiger partial charge in [0.25, 0.3) is 15.9 Å². The molecular formula is C31H31N3O4S. The van der Waals surface area contributed by atoms with Crippen molar-refractivity contribution in [2.45, 2.75) is 31.2 Å². The van der Waals surface area contributed by atoms with Gasteiger partial charge in [-0.05, 0) is 53.4 Å². The second kappa shape index (κ2) is 12.4. The first-order valence-corrected chi connectivity index (χ1v) is 14.1. The molecule has 0 aliphatic heterocycles. The molecule has 39 heavy (non-hydrogen) atoms. The summed E-state index contributed by atoms with van der Waals surface area (Å²) in [5, 5.41) is 5.60. The van der Waals surface area contributed by atoms with Crippen molar-refractivity contribution in [3.63, 3.8) is 0 Å². The maximum Gasteiger partial charge on any atom is 0.264 e. The second-order valence-electron chi connectivity index (χ2n) is 9.33. The van der Waals surface area contributed by atoms with Gasteiger partial charge in [-0.2, -0.15) is 0 Å². The van der Waals surface area contributed by atoms with Gasteiger partial charge in [-0.3, -0.25) is 13.9 Å². The van der Waals surface area contributed by atoms with E-state index in [0.29, 0.717) is 17.9 Å². The first-order chi connectivity index (χ1) is 18.8. The van der Waals surface area contributed by atoms with Gasteiger partial charge in [0, 0.05) is 6.54 Å². The van der Waals surface area contributed by atoms with Crippen LogP contribution in [0.2, 0.25) is 0 Å². The summed E-state index contributed by atoms with van der Waals surface area (Å²) >= 11 is 0. The fourth-order valence-electron chi connectivity index (χ4n) is 4.04. The zero-order chi connectivity index (χ0) is 27.8. The van der Waals surface area contributed by atoms with Gasteiger partial charge in [0.2, 0.25) is 5.91 Å². The van der Waals surface area contributed by atoms with E-state index >= 15 is 0 Å². The highest BCUT2D eigenvalue weighted by Crippen LogP contribution is 2.26. The smallest absolute Gasteiger partial charge is 0.264 e. The minimum atomic E-state index is -4.05. The molecule has 0 spiro atoms. The van der Waals surface area contributed by atoms with Crippen LogP contribution in [0.15, 0.2) is 114 Å². The first-order valence-electron chi connectivity index (χ1n) is 12.6. The molecule has 0 aromatic heterocycles. The molecule has 0 aliphatic carbocycles. The van der Waals surface area contributed by atoms with Gasteiger partial charge >= 0.3 is 0 Å². The highest BCUT2D eigenvalue weighted by molar-refractivity contribution is 7.92. The molecule has 4 rings (SSSR count). The van der Waals surface area contributed by atoms with Crippen molar-refractivity contribution < 1.29 is 18.0 Å². The molecule has 2 amide bonds. The van der Waals surface area contributed by atoms with Crippen LogP contribution in [0, 0.1) is 0 Å². The molecule has 2 N–H and O–H groups in total. The van der Waals surface area contributed by atoms with Gasteiger partial charge < -0.3 is 10.6 Å². The zero-order valence-electron chi connectivity index (χ0n) is 21.9. The molecule has 0 aliphatic rings. The largest absolute Gasteiger partial charge is 0.348 e. The number of benzene rings is 4. The number of nitrogens with zero attached hydrogens (tertiary/aromatic N) is 1. The number of carbonyl (C=O) groups excluding carboxylic acids is 2. The van der Waals surface area contributed by atoms with Crippen LogP contribution in [0.25, 0.3) is 0 Å². The van der Waals surface area contributed by atoms with E-state index in [1.807, 2.05) is 56.3 Å². The molecule has 7 nitrogen and oxygen atoms in total. The third-order valence-electron chi connectivity index (χ3n) is 6.21. The van der Waals surface area contributed by atoms with Gasteiger partial charge in [0.05, 0.1) is 21.8 Å². The van der Waals surface area contributed by atoms with E-state index in [4.69, 9.17) is 0 Å². The second-order valence-corrected chi connectivity index (χ2v) is 11.2. The third kappa shape index (κ3) is 6.91. The molecule has 200 valence electrons. The SMILES string of the molecule is CC(C)c1ccc(N(CC(=O)Nc2ccccc2C(=O)NCc2ccccc2)S(=O)(=O)c2ccccc2)cc1. The molecule has 8 heteroatoms. The minimum absolute atomic E-state index is 0.0754. The lowest BCUT2D eigenvalue weighted by molar-refractivity contribution is -0.114. The van der Waals surface area contributed by atoms with Crippen molar-refractivity contribution in [1.29, 1.82) is 0 Å². The molecule has 0 bridgehead atoms. The van der Waals surface area contributed by atoms with Crippen molar-refractivity contribution >= 4 is 33.2 Å². The number of amides is 2. The summed E-state index contributed by atoms with van der Waals surface area (Å²) in [4.78, 5) is 26.3. The fraction of sp³-hybridized carbons (Fsp3) is 0.161. The number of anilines is 2. The summed E-state index contributed by atoms with van der Waals surface area (Å²) in [6.45, 7) is 3.96. The van der Waals surface area contributed by atoms with Crippen molar-refractivity contribution in [3.8, 4) is 0 Å². The molecule has 0 heterocycles. The number of rotatable bonds is 10. The molecular weight excluding hydrogens is 510 g/mol. The molecule has 4 aromatic rings. The van der Waals surface area contributed by atoms with E-state index in [9.17, 15) is 18.0 Å². The molecule has 4 aromatic carbocycles. The van der Waals surface area contributed by atoms with Crippen molar-refractivity contribution in [1.82, 2.24) is 5.32 Å². The van der Waals surface area contributed by atoms with Crippen molar-refractivity contribution in [3.05, 3.63) is 126 Å². The molecule has 0 saturated heterocycles. The Labute approximate surface area is 229 Å². The number of carbonyl (C=O) groups is 2. The first kappa shape index (κ1) is 27.6. The highest BCUT2D eigenvalue weighted by atomic mass is 32.2. The monoisotopic (exact) mass is 541 g/mol. The van der Waals surface area contributed by atoms with Crippen LogP contribution in [0.5, 0.6) is 0 Å². The van der Waals surface area contributed by atoms with E-state index in [0.717, 1.165) is 15.4 Å². The summed E-state index contributed by atoms with van der Waals surface area (Å²) in [7, 11) is -4.05. The summed E-state index contributed by atoms with van der Waals surface area (Å²) < 4.78 is 28.3. The number of para-hydroxylation sites is 1. The van der Waals surface area contributed by atoms with E-state index in [2.05, 4.69) is 10.6 Å². The van der Waals surface area contributed by atoms with Crippen LogP contribution in [0.1, 0.15) is 41.3 Å². The van der Waals surface area contributed by atoms with Crippen LogP contribution in [-0.2, 0) is 21.4 Å². The lowest BCUT2D eigenvalue weighted by Crippen LogP contribution is -2.38. The summed E-state index contributed by atoms with van der Waals surface area (Å²) in [5.74, 6) is -0.662. The predicted octanol–water partition coefficient (Wildman–Crippen LogP) is 5.57. The van der Waals surface area contributed by atoms with Crippen LogP contribution in [0.3, 0.4) is 0 Å². The van der Waals surface area contributed by atoms with E-state index in [1.165, 1.54) is 12.1 Å². The van der Waals surface area contributed by atoms with Gasteiger partial charge in [-0.25, -0.2) is 8.42 Å². The topological polar surface area (TPSA) is 95.6 Å². The number of nitrogens with one attached hydrogen (secondary N) is 2. The van der Waals surface area contributed by atoms with Crippen molar-refractivity contribution in [2.75, 3.05) is 16.2 Å². The molecule has 0 atom stereocenters. The molecule has 0 fully saturated rings. The quantitative estimate of drug-likeness (QED) is 0.274. The van der Waals surface area contributed by atoms with Crippen LogP contribution < -0.4 is 14.9 Å². The van der Waals surface area contributed by atoms with Crippen molar-refractivity contribution in [2.24, 2.45) is 0 Å². The maximum absolute atomic E-state index is 13.6. The van der Waals surface area contributed by atoms with Gasteiger partial charge in [-0.1, -0.05) is 86.6 Å². The Morgan fingerprint density at radius 3 is 2.00 bits per heavy atom. The summed E-state index contributed by atoms with van der Waals surface area (Å²) in [5.41, 5.74) is 2.93. The Balaban J connectivity index is 1.57. The molecule has 0 saturated carbocycles. The predicted molar refractivity (Wildman–Crippen MR) is 154 cm³/mol. The summed E-state index contributed by atoms with van der Waals surface area (Å²) in [6.07, 6.45) is 0. The Hall–Kier alpha value is -4.43. The lowest BCUT2D eigenvalue weighted by Gasteiger charge is -2.25. The Kier molecular flexibility index (Phi) is 8.78. The third-order valence-corrected chi connectivity index (χ3v) is 8.00. The standard InChI is InChI=1S/C31H31N3O4S/c1-23(2)25-17-19-26(20-18-25)34(39(37,38)27-13-7-4-8-14-27)22-30(35)33-29-16-10-9-15-28(29)31(36)32-21-24-11-5-3-6-12-24/h3-20,23H,21-22H2,1-2H3,(H,32,36)(H,33,35). The van der Waals surface area contributed by atoms with Crippen LogP contribution in [0.4, 0.5) is 11.4 Å². The average Bonchev–Trinajstić information content (AvgIpc) is 2.96. The van der Waals surface area contributed by atoms with Gasteiger partial charge in [0.15, 0.2) is 0 Å². The Morgan fingerprint density at radius 2 is 1.36 bits per heavy atom. The highest BCUT2D eigenvalue weighted by Gasteiger charge is 2.27. The zero-order valence-corrected chi connectivity index (χ0v) is 22.7. The average molecular weight is 542 g/mol. The minimum Gasteiger partial charge on any atom is -0.348 e. The molecule has 0 unspecified atom stereocenters. The maximum atomic E-state index is 13.6. The number of hydrogen-bond acceptors (Lipinski definition) is 4.